The predicted octanol–water partition coefficient (Wildman–Crippen LogP) is 5.03. The molecule has 2 heterocycles. The van der Waals surface area contributed by atoms with Crippen LogP contribution in [0.25, 0.3) is 22.2 Å². The van der Waals surface area contributed by atoms with Crippen LogP contribution >= 0.6 is 0 Å². The Morgan fingerprint density at radius 2 is 1.64 bits per heavy atom. The molecule has 1 aliphatic heterocycles. The molecular formula is C28H24N2O6. The van der Waals surface area contributed by atoms with E-state index in [-0.39, 0.29) is 5.91 Å². The van der Waals surface area contributed by atoms with Gasteiger partial charge in [0, 0.05) is 23.1 Å². The van der Waals surface area contributed by atoms with E-state index in [1.54, 1.807) is 50.6 Å². The molecule has 3 aromatic carbocycles. The van der Waals surface area contributed by atoms with Gasteiger partial charge in [-0.25, -0.2) is 9.78 Å². The van der Waals surface area contributed by atoms with Gasteiger partial charge in [0.15, 0.2) is 11.5 Å². The van der Waals surface area contributed by atoms with Crippen molar-refractivity contribution in [1.82, 2.24) is 4.98 Å². The van der Waals surface area contributed by atoms with E-state index in [1.165, 1.54) is 7.11 Å². The van der Waals surface area contributed by atoms with Crippen molar-refractivity contribution in [2.75, 3.05) is 26.6 Å². The maximum absolute atomic E-state index is 13.4. The van der Waals surface area contributed by atoms with Crippen molar-refractivity contribution in [3.63, 3.8) is 0 Å². The first-order valence-corrected chi connectivity index (χ1v) is 11.4. The lowest BCUT2D eigenvalue weighted by Gasteiger charge is -2.17. The topological polar surface area (TPSA) is 96.0 Å². The molecule has 0 atom stereocenters. The molecule has 1 N–H and O–H groups in total. The van der Waals surface area contributed by atoms with Gasteiger partial charge in [-0.15, -0.1) is 0 Å². The zero-order valence-corrected chi connectivity index (χ0v) is 20.1. The van der Waals surface area contributed by atoms with Crippen LogP contribution in [0.15, 0.2) is 60.7 Å². The fourth-order valence-corrected chi connectivity index (χ4v) is 4.31. The van der Waals surface area contributed by atoms with Gasteiger partial charge in [-0.3, -0.25) is 4.79 Å². The van der Waals surface area contributed by atoms with E-state index >= 15 is 0 Å². The van der Waals surface area contributed by atoms with Crippen LogP contribution in [0.1, 0.15) is 22.3 Å². The smallest absolute Gasteiger partial charge is 0.344 e. The van der Waals surface area contributed by atoms with E-state index in [2.05, 4.69) is 5.32 Å². The second kappa shape index (κ2) is 9.58. The maximum Gasteiger partial charge on any atom is 0.344 e. The number of rotatable bonds is 6. The first-order chi connectivity index (χ1) is 17.5. The highest BCUT2D eigenvalue weighted by molar-refractivity contribution is 6.05. The molecule has 0 spiro atoms. The summed E-state index contributed by atoms with van der Waals surface area (Å²) in [4.78, 5) is 29.8. The molecule has 8 heteroatoms. The van der Waals surface area contributed by atoms with Gasteiger partial charge in [0.1, 0.15) is 5.75 Å². The van der Waals surface area contributed by atoms with Crippen molar-refractivity contribution < 1.29 is 28.5 Å². The summed E-state index contributed by atoms with van der Waals surface area (Å²) in [5.41, 5.74) is 3.92. The molecule has 5 rings (SSSR count). The molecule has 1 aliphatic rings. The summed E-state index contributed by atoms with van der Waals surface area (Å²) in [5.74, 6) is 1.30. The van der Waals surface area contributed by atoms with Gasteiger partial charge < -0.3 is 24.3 Å². The molecule has 0 radical (unpaired) electrons. The van der Waals surface area contributed by atoms with Crippen LogP contribution in [0, 0.1) is 0 Å². The average Bonchev–Trinajstić information content (AvgIpc) is 2.91. The van der Waals surface area contributed by atoms with Gasteiger partial charge in [0.05, 0.1) is 38.1 Å². The Kier molecular flexibility index (Phi) is 6.16. The molecule has 36 heavy (non-hydrogen) atoms. The number of amides is 1. The highest BCUT2D eigenvalue weighted by Crippen LogP contribution is 2.41. The first-order valence-electron chi connectivity index (χ1n) is 11.4. The molecule has 0 bridgehead atoms. The Balaban J connectivity index is 1.56. The summed E-state index contributed by atoms with van der Waals surface area (Å²) in [6.45, 7) is 0. The number of nitrogens with one attached hydrogen (secondary N) is 1. The molecule has 0 unspecified atom stereocenters. The van der Waals surface area contributed by atoms with Gasteiger partial charge in [0.2, 0.25) is 11.7 Å². The van der Waals surface area contributed by atoms with Crippen LogP contribution in [-0.2, 0) is 11.2 Å². The number of hydrogen-bond donors (Lipinski definition) is 1. The molecular weight excluding hydrogens is 460 g/mol. The number of methoxy groups -OCH3 is 3. The second-order valence-corrected chi connectivity index (χ2v) is 8.24. The Labute approximate surface area is 207 Å². The van der Waals surface area contributed by atoms with E-state index in [0.29, 0.717) is 63.6 Å². The largest absolute Gasteiger partial charge is 0.493 e. The molecule has 8 nitrogen and oxygen atoms in total. The SMILES string of the molecule is COc1cc(-c2cc(C(=O)Oc3ccc4c(c3)CCC(=O)N4)c3ccccc3n2)cc(OC)c1OC. The lowest BCUT2D eigenvalue weighted by Crippen LogP contribution is -2.19. The summed E-state index contributed by atoms with van der Waals surface area (Å²) in [6.07, 6.45) is 0.994. The van der Waals surface area contributed by atoms with Crippen molar-refractivity contribution in [1.29, 1.82) is 0 Å². The first kappa shape index (κ1) is 23.2. The maximum atomic E-state index is 13.4. The molecule has 0 saturated heterocycles. The van der Waals surface area contributed by atoms with Crippen molar-refractivity contribution in [2.24, 2.45) is 0 Å². The van der Waals surface area contributed by atoms with E-state index in [4.69, 9.17) is 23.9 Å². The van der Waals surface area contributed by atoms with Crippen LogP contribution in [0.2, 0.25) is 0 Å². The lowest BCUT2D eigenvalue weighted by molar-refractivity contribution is -0.116. The number of carbonyl (C=O) groups excluding carboxylic acids is 2. The summed E-state index contributed by atoms with van der Waals surface area (Å²) in [6, 6.07) is 17.9. The molecule has 0 saturated carbocycles. The molecule has 1 aromatic heterocycles. The van der Waals surface area contributed by atoms with Gasteiger partial charge in [-0.05, 0) is 54.4 Å². The fourth-order valence-electron chi connectivity index (χ4n) is 4.31. The van der Waals surface area contributed by atoms with E-state index in [9.17, 15) is 9.59 Å². The van der Waals surface area contributed by atoms with Crippen molar-refractivity contribution in [3.05, 3.63) is 71.8 Å². The fraction of sp³-hybridized carbons (Fsp3) is 0.179. The molecule has 4 aromatic rings. The third-order valence-corrected chi connectivity index (χ3v) is 6.08. The van der Waals surface area contributed by atoms with Crippen LogP contribution in [0.4, 0.5) is 5.69 Å². The highest BCUT2D eigenvalue weighted by atomic mass is 16.5. The average molecular weight is 485 g/mol. The Bertz CT molecular complexity index is 1470. The Hall–Kier alpha value is -4.59. The quantitative estimate of drug-likeness (QED) is 0.303. The Morgan fingerprint density at radius 1 is 0.889 bits per heavy atom. The highest BCUT2D eigenvalue weighted by Gasteiger charge is 2.20. The number of pyridine rings is 1. The number of aromatic nitrogens is 1. The summed E-state index contributed by atoms with van der Waals surface area (Å²) in [7, 11) is 4.63. The number of hydrogen-bond acceptors (Lipinski definition) is 7. The Morgan fingerprint density at radius 3 is 2.36 bits per heavy atom. The van der Waals surface area contributed by atoms with Gasteiger partial charge in [-0.2, -0.15) is 0 Å². The number of aryl methyl sites for hydroxylation is 1. The number of anilines is 1. The van der Waals surface area contributed by atoms with E-state index in [1.807, 2.05) is 24.3 Å². The minimum absolute atomic E-state index is 0.0187. The monoisotopic (exact) mass is 484 g/mol. The minimum Gasteiger partial charge on any atom is -0.493 e. The molecule has 182 valence electrons. The summed E-state index contributed by atoms with van der Waals surface area (Å²) in [5, 5.41) is 3.50. The summed E-state index contributed by atoms with van der Waals surface area (Å²) >= 11 is 0. The number of fused-ring (bicyclic) bond motifs is 2. The van der Waals surface area contributed by atoms with Gasteiger partial charge in [0.25, 0.3) is 0 Å². The summed E-state index contributed by atoms with van der Waals surface area (Å²) < 4.78 is 22.2. The molecule has 0 aliphatic carbocycles. The minimum atomic E-state index is -0.512. The van der Waals surface area contributed by atoms with Crippen LogP contribution in [0.5, 0.6) is 23.0 Å². The number of para-hydroxylation sites is 1. The molecule has 1 amide bonds. The number of nitrogens with zero attached hydrogens (tertiary/aromatic N) is 1. The number of ether oxygens (including phenoxy) is 4. The standard InChI is InChI=1S/C28H24N2O6/c1-33-24-13-17(14-25(34-2)27(24)35-3)23-15-20(19-6-4-5-7-22(19)29-23)28(32)36-18-9-10-21-16(12-18)8-11-26(31)30-21/h4-7,9-10,12-15H,8,11H2,1-3H3,(H,30,31). The zero-order chi connectivity index (χ0) is 25.2. The normalized spacial score (nSPS) is 12.5. The van der Waals surface area contributed by atoms with Crippen LogP contribution < -0.4 is 24.3 Å². The van der Waals surface area contributed by atoms with E-state index in [0.717, 1.165) is 11.3 Å². The predicted molar refractivity (Wildman–Crippen MR) is 135 cm³/mol. The van der Waals surface area contributed by atoms with Gasteiger partial charge in [-0.1, -0.05) is 18.2 Å². The molecule has 0 fully saturated rings. The van der Waals surface area contributed by atoms with Crippen LogP contribution in [-0.4, -0.2) is 38.2 Å². The number of carbonyl (C=O) groups is 2. The zero-order valence-electron chi connectivity index (χ0n) is 20.1. The number of benzene rings is 3. The number of esters is 1. The van der Waals surface area contributed by atoms with Crippen molar-refractivity contribution >= 4 is 28.5 Å². The second-order valence-electron chi connectivity index (χ2n) is 8.24. The van der Waals surface area contributed by atoms with Crippen molar-refractivity contribution in [2.45, 2.75) is 12.8 Å². The van der Waals surface area contributed by atoms with Gasteiger partial charge >= 0.3 is 5.97 Å². The third-order valence-electron chi connectivity index (χ3n) is 6.08. The van der Waals surface area contributed by atoms with Crippen LogP contribution in [0.3, 0.4) is 0 Å². The third kappa shape index (κ3) is 4.29. The lowest BCUT2D eigenvalue weighted by atomic mass is 10.0. The van der Waals surface area contributed by atoms with E-state index < -0.39 is 5.97 Å². The van der Waals surface area contributed by atoms with Crippen molar-refractivity contribution in [3.8, 4) is 34.3 Å².